The van der Waals surface area contributed by atoms with Crippen molar-refractivity contribution < 1.29 is 9.59 Å². The normalized spacial score (nSPS) is 20.8. The number of hydrogen-bond acceptors (Lipinski definition) is 6. The zero-order chi connectivity index (χ0) is 16.5. The maximum absolute atomic E-state index is 12.5. The summed E-state index contributed by atoms with van der Waals surface area (Å²) in [6, 6.07) is 3.49. The van der Waals surface area contributed by atoms with Gasteiger partial charge in [0.15, 0.2) is 0 Å². The molecular weight excluding hydrogens is 344 g/mol. The number of carbonyl (C=O) groups excluding carboxylic acids is 2. The van der Waals surface area contributed by atoms with Gasteiger partial charge in [-0.2, -0.15) is 0 Å². The fourth-order valence-corrected chi connectivity index (χ4v) is 4.63. The summed E-state index contributed by atoms with van der Waals surface area (Å²) in [5, 5.41) is 9.87. The molecule has 2 aromatic rings. The van der Waals surface area contributed by atoms with Gasteiger partial charge in [-0.1, -0.05) is 0 Å². The first-order valence-electron chi connectivity index (χ1n) is 8.03. The van der Waals surface area contributed by atoms with Crippen molar-refractivity contribution >= 4 is 39.5 Å². The van der Waals surface area contributed by atoms with Gasteiger partial charge in [-0.05, 0) is 31.5 Å². The zero-order valence-corrected chi connectivity index (χ0v) is 14.7. The lowest BCUT2D eigenvalue weighted by atomic mass is 10.0. The minimum absolute atomic E-state index is 0.0128. The second-order valence-electron chi connectivity index (χ2n) is 6.08. The summed E-state index contributed by atoms with van der Waals surface area (Å²) in [5.74, 6) is 0.384. The number of thiophene rings is 1. The molecule has 2 aliphatic rings. The van der Waals surface area contributed by atoms with Crippen LogP contribution in [0.25, 0.3) is 0 Å². The lowest BCUT2D eigenvalue weighted by Crippen LogP contribution is -2.48. The second kappa shape index (κ2) is 6.62. The quantitative estimate of drug-likeness (QED) is 0.874. The summed E-state index contributed by atoms with van der Waals surface area (Å²) in [6.07, 6.45) is 3.70. The molecule has 2 amide bonds. The number of carbonyl (C=O) groups is 2. The third-order valence-corrected chi connectivity index (χ3v) is 6.34. The number of likely N-dealkylation sites (tertiary alicyclic amines) is 1. The van der Waals surface area contributed by atoms with E-state index in [1.807, 2.05) is 16.3 Å². The summed E-state index contributed by atoms with van der Waals surface area (Å²) >= 11 is 2.98. The molecule has 4 heterocycles. The van der Waals surface area contributed by atoms with Gasteiger partial charge >= 0.3 is 0 Å². The highest BCUT2D eigenvalue weighted by molar-refractivity contribution is 7.18. The molecule has 4 rings (SSSR count). The Morgan fingerprint density at radius 3 is 2.92 bits per heavy atom. The van der Waals surface area contributed by atoms with Crippen LogP contribution in [0.5, 0.6) is 0 Å². The van der Waals surface area contributed by atoms with Gasteiger partial charge in [0.1, 0.15) is 0 Å². The molecule has 2 N–H and O–H groups in total. The van der Waals surface area contributed by atoms with Gasteiger partial charge in [-0.15, -0.1) is 22.7 Å². The number of thiazole rings is 1. The molecule has 2 aliphatic heterocycles. The Bertz CT molecular complexity index is 731. The Labute approximate surface area is 147 Å². The van der Waals surface area contributed by atoms with Gasteiger partial charge < -0.3 is 15.5 Å². The lowest BCUT2D eigenvalue weighted by Gasteiger charge is -2.37. The van der Waals surface area contributed by atoms with Crippen molar-refractivity contribution in [1.82, 2.24) is 15.2 Å². The van der Waals surface area contributed by atoms with Crippen LogP contribution in [0.2, 0.25) is 0 Å². The van der Waals surface area contributed by atoms with E-state index in [1.54, 1.807) is 23.6 Å². The molecule has 0 aliphatic carbocycles. The molecule has 2 aromatic heterocycles. The van der Waals surface area contributed by atoms with Crippen molar-refractivity contribution in [2.45, 2.75) is 24.8 Å². The number of aromatic nitrogens is 1. The van der Waals surface area contributed by atoms with Gasteiger partial charge in [0.2, 0.25) is 5.91 Å². The molecule has 126 valence electrons. The maximum Gasteiger partial charge on any atom is 0.264 e. The first kappa shape index (κ1) is 15.7. The molecule has 6 nitrogen and oxygen atoms in total. The largest absolute Gasteiger partial charge is 0.336 e. The fourth-order valence-electron chi connectivity index (χ4n) is 3.03. The number of rotatable bonds is 4. The molecule has 2 saturated heterocycles. The van der Waals surface area contributed by atoms with E-state index < -0.39 is 0 Å². The Kier molecular flexibility index (Phi) is 4.34. The van der Waals surface area contributed by atoms with Crippen LogP contribution in [0.4, 0.5) is 5.00 Å². The average Bonchev–Trinajstić information content (AvgIpc) is 3.28. The van der Waals surface area contributed by atoms with E-state index >= 15 is 0 Å². The van der Waals surface area contributed by atoms with E-state index in [-0.39, 0.29) is 17.9 Å². The Morgan fingerprint density at radius 1 is 1.33 bits per heavy atom. The molecule has 8 heteroatoms. The van der Waals surface area contributed by atoms with E-state index in [0.717, 1.165) is 42.5 Å². The first-order chi connectivity index (χ1) is 11.7. The molecule has 0 saturated carbocycles. The zero-order valence-electron chi connectivity index (χ0n) is 13.0. The van der Waals surface area contributed by atoms with E-state index in [4.69, 9.17) is 0 Å². The number of nitrogens with zero attached hydrogens (tertiary/aromatic N) is 2. The molecule has 1 atom stereocenters. The SMILES string of the molecule is O=C(Nc1ccc(C(=O)N2CC(c3nccs3)C2)s1)[C@@H]1CCCN1. The lowest BCUT2D eigenvalue weighted by molar-refractivity contribution is -0.117. The minimum atomic E-state index is -0.110. The van der Waals surface area contributed by atoms with Crippen molar-refractivity contribution in [2.75, 3.05) is 25.0 Å². The standard InChI is InChI=1S/C16H18N4O2S2/c21-14(11-2-1-5-17-11)19-13-4-3-12(24-13)16(22)20-8-10(9-20)15-18-6-7-23-15/h3-4,6-7,10-11,17H,1-2,5,8-9H2,(H,19,21)/t11-/m0/s1. The molecule has 0 unspecified atom stereocenters. The van der Waals surface area contributed by atoms with Crippen molar-refractivity contribution in [2.24, 2.45) is 0 Å². The van der Waals surface area contributed by atoms with Crippen LogP contribution in [0.1, 0.15) is 33.4 Å². The fraction of sp³-hybridized carbons (Fsp3) is 0.438. The van der Waals surface area contributed by atoms with Gasteiger partial charge in [-0.25, -0.2) is 4.98 Å². The first-order valence-corrected chi connectivity index (χ1v) is 9.73. The van der Waals surface area contributed by atoms with Crippen LogP contribution in [0, 0.1) is 0 Å². The number of nitrogens with one attached hydrogen (secondary N) is 2. The average molecular weight is 362 g/mol. The summed E-state index contributed by atoms with van der Waals surface area (Å²) in [4.78, 5) is 31.4. The van der Waals surface area contributed by atoms with E-state index in [9.17, 15) is 9.59 Å². The van der Waals surface area contributed by atoms with Crippen molar-refractivity contribution in [3.8, 4) is 0 Å². The van der Waals surface area contributed by atoms with Crippen LogP contribution in [-0.2, 0) is 4.79 Å². The highest BCUT2D eigenvalue weighted by atomic mass is 32.1. The molecule has 24 heavy (non-hydrogen) atoms. The van der Waals surface area contributed by atoms with Gasteiger partial charge in [0.25, 0.3) is 5.91 Å². The number of amides is 2. The van der Waals surface area contributed by atoms with Crippen molar-refractivity contribution in [3.05, 3.63) is 33.6 Å². The number of hydrogen-bond donors (Lipinski definition) is 2. The van der Waals surface area contributed by atoms with Crippen LogP contribution in [-0.4, -0.2) is 47.4 Å². The minimum Gasteiger partial charge on any atom is -0.336 e. The topological polar surface area (TPSA) is 74.3 Å². The Morgan fingerprint density at radius 2 is 2.21 bits per heavy atom. The summed E-state index contributed by atoms with van der Waals surface area (Å²) in [5.41, 5.74) is 0. The highest BCUT2D eigenvalue weighted by Gasteiger charge is 2.34. The third-order valence-electron chi connectivity index (χ3n) is 4.41. The molecule has 0 radical (unpaired) electrons. The van der Waals surface area contributed by atoms with Gasteiger partial charge in [0.05, 0.1) is 20.9 Å². The van der Waals surface area contributed by atoms with Crippen LogP contribution < -0.4 is 10.6 Å². The monoisotopic (exact) mass is 362 g/mol. The molecule has 2 fully saturated rings. The number of anilines is 1. The molecule has 0 bridgehead atoms. The summed E-state index contributed by atoms with van der Waals surface area (Å²) in [6.45, 7) is 2.33. The van der Waals surface area contributed by atoms with Crippen molar-refractivity contribution in [3.63, 3.8) is 0 Å². The molecule has 0 spiro atoms. The van der Waals surface area contributed by atoms with E-state index in [0.29, 0.717) is 10.8 Å². The molecule has 0 aromatic carbocycles. The van der Waals surface area contributed by atoms with Gasteiger partial charge in [-0.3, -0.25) is 9.59 Å². The van der Waals surface area contributed by atoms with E-state index in [1.165, 1.54) is 11.3 Å². The van der Waals surface area contributed by atoms with Crippen LogP contribution in [0.15, 0.2) is 23.7 Å². The second-order valence-corrected chi connectivity index (χ2v) is 8.09. The van der Waals surface area contributed by atoms with Gasteiger partial charge in [0, 0.05) is 30.6 Å². The highest BCUT2D eigenvalue weighted by Crippen LogP contribution is 2.31. The predicted molar refractivity (Wildman–Crippen MR) is 94.7 cm³/mol. The smallest absolute Gasteiger partial charge is 0.264 e. The van der Waals surface area contributed by atoms with E-state index in [2.05, 4.69) is 15.6 Å². The maximum atomic E-state index is 12.5. The predicted octanol–water partition coefficient (Wildman–Crippen LogP) is 2.13. The molecular formula is C16H18N4O2S2. The summed E-state index contributed by atoms with van der Waals surface area (Å²) < 4.78 is 0. The van der Waals surface area contributed by atoms with Crippen molar-refractivity contribution in [1.29, 1.82) is 0 Å². The van der Waals surface area contributed by atoms with Crippen LogP contribution >= 0.6 is 22.7 Å². The Balaban J connectivity index is 1.33. The summed E-state index contributed by atoms with van der Waals surface area (Å²) in [7, 11) is 0. The third kappa shape index (κ3) is 3.09. The Hall–Kier alpha value is -1.77. The van der Waals surface area contributed by atoms with Crippen LogP contribution in [0.3, 0.4) is 0 Å².